The summed E-state index contributed by atoms with van der Waals surface area (Å²) in [6, 6.07) is 19.7. The minimum atomic E-state index is -0.717. The van der Waals surface area contributed by atoms with Gasteiger partial charge in [0.2, 0.25) is 0 Å². The van der Waals surface area contributed by atoms with Gasteiger partial charge in [-0.25, -0.2) is 0 Å². The molecule has 162 valence electrons. The van der Waals surface area contributed by atoms with Gasteiger partial charge in [-0.05, 0) is 90.0 Å². The maximum Gasteiger partial charge on any atom is 0.303 e. The standard InChI is InChI=1S/C26H29NO3S/c28-26(29)4-2-15-27-14-1-3-24(27)18-30-25-11-7-21(8-12-25)17-20-5-9-22(10-6-20)23-13-16-31-19-23/h5-13,16,19,24H,1-4,14-15,17-18H2,(H,28,29)/t24-/m1/s1. The molecular formula is C26H29NO3S. The minimum absolute atomic E-state index is 0.238. The van der Waals surface area contributed by atoms with Gasteiger partial charge in [0.25, 0.3) is 0 Å². The molecule has 4 nitrogen and oxygen atoms in total. The maximum absolute atomic E-state index is 10.7. The first-order chi connectivity index (χ1) is 15.2. The third kappa shape index (κ3) is 6.18. The number of ether oxygens (including phenoxy) is 1. The maximum atomic E-state index is 10.7. The van der Waals surface area contributed by atoms with Crippen LogP contribution in [0.1, 0.15) is 36.8 Å². The minimum Gasteiger partial charge on any atom is -0.492 e. The summed E-state index contributed by atoms with van der Waals surface area (Å²) in [5, 5.41) is 13.1. The van der Waals surface area contributed by atoms with Crippen molar-refractivity contribution in [2.45, 2.75) is 38.1 Å². The van der Waals surface area contributed by atoms with Crippen molar-refractivity contribution in [2.24, 2.45) is 0 Å². The SMILES string of the molecule is O=C(O)CCCN1CCC[C@@H]1COc1ccc(Cc2ccc(-c3ccsc3)cc2)cc1. The molecule has 1 atom stereocenters. The van der Waals surface area contributed by atoms with Crippen LogP contribution in [0.25, 0.3) is 11.1 Å². The fourth-order valence-corrected chi connectivity index (χ4v) is 4.85. The third-order valence-electron chi connectivity index (χ3n) is 5.92. The number of carboxylic acids is 1. The smallest absolute Gasteiger partial charge is 0.303 e. The van der Waals surface area contributed by atoms with Crippen molar-refractivity contribution in [3.8, 4) is 16.9 Å². The Kier molecular flexibility index (Phi) is 7.39. The van der Waals surface area contributed by atoms with E-state index in [2.05, 4.69) is 70.3 Å². The van der Waals surface area contributed by atoms with Gasteiger partial charge >= 0.3 is 5.97 Å². The van der Waals surface area contributed by atoms with Crippen LogP contribution in [0.15, 0.2) is 65.4 Å². The van der Waals surface area contributed by atoms with Gasteiger partial charge in [0.1, 0.15) is 12.4 Å². The predicted molar refractivity (Wildman–Crippen MR) is 126 cm³/mol. The molecule has 2 aromatic carbocycles. The lowest BCUT2D eigenvalue weighted by atomic mass is 10.0. The molecule has 4 rings (SSSR count). The molecule has 0 spiro atoms. The molecule has 1 aliphatic rings. The van der Waals surface area contributed by atoms with Crippen molar-refractivity contribution in [1.29, 1.82) is 0 Å². The molecule has 0 radical (unpaired) electrons. The van der Waals surface area contributed by atoms with Crippen LogP contribution < -0.4 is 4.74 Å². The molecule has 1 saturated heterocycles. The van der Waals surface area contributed by atoms with Crippen LogP contribution in [0, 0.1) is 0 Å². The largest absolute Gasteiger partial charge is 0.492 e. The van der Waals surface area contributed by atoms with E-state index in [4.69, 9.17) is 9.84 Å². The highest BCUT2D eigenvalue weighted by Gasteiger charge is 2.24. The number of nitrogens with zero attached hydrogens (tertiary/aromatic N) is 1. The van der Waals surface area contributed by atoms with Crippen molar-refractivity contribution in [3.05, 3.63) is 76.5 Å². The van der Waals surface area contributed by atoms with Gasteiger partial charge in [-0.15, -0.1) is 0 Å². The number of benzene rings is 2. The first kappa shape index (κ1) is 21.6. The number of thiophene rings is 1. The van der Waals surface area contributed by atoms with Crippen LogP contribution in [-0.4, -0.2) is 41.7 Å². The van der Waals surface area contributed by atoms with Gasteiger partial charge in [-0.2, -0.15) is 11.3 Å². The summed E-state index contributed by atoms with van der Waals surface area (Å²) >= 11 is 1.72. The summed E-state index contributed by atoms with van der Waals surface area (Å²) in [4.78, 5) is 13.1. The van der Waals surface area contributed by atoms with E-state index >= 15 is 0 Å². The van der Waals surface area contributed by atoms with Gasteiger partial charge in [0, 0.05) is 12.5 Å². The zero-order valence-electron chi connectivity index (χ0n) is 17.7. The molecule has 1 fully saturated rings. The first-order valence-corrected chi connectivity index (χ1v) is 11.9. The molecule has 0 unspecified atom stereocenters. The van der Waals surface area contributed by atoms with Crippen molar-refractivity contribution >= 4 is 17.3 Å². The Bertz CT molecular complexity index is 951. The van der Waals surface area contributed by atoms with Crippen molar-refractivity contribution in [2.75, 3.05) is 19.7 Å². The monoisotopic (exact) mass is 435 g/mol. The summed E-state index contributed by atoms with van der Waals surface area (Å²) in [7, 11) is 0. The number of carbonyl (C=O) groups is 1. The molecule has 1 N–H and O–H groups in total. The zero-order valence-corrected chi connectivity index (χ0v) is 18.5. The molecule has 3 aromatic rings. The molecule has 1 aliphatic heterocycles. The van der Waals surface area contributed by atoms with E-state index in [9.17, 15) is 4.79 Å². The Labute approximate surface area is 188 Å². The summed E-state index contributed by atoms with van der Waals surface area (Å²) < 4.78 is 6.05. The summed E-state index contributed by atoms with van der Waals surface area (Å²) in [5.74, 6) is 0.180. The molecule has 0 bridgehead atoms. The molecule has 1 aromatic heterocycles. The first-order valence-electron chi connectivity index (χ1n) is 11.0. The van der Waals surface area contributed by atoms with Crippen LogP contribution >= 0.6 is 11.3 Å². The number of hydrogen-bond donors (Lipinski definition) is 1. The lowest BCUT2D eigenvalue weighted by Gasteiger charge is -2.24. The van der Waals surface area contributed by atoms with Gasteiger partial charge in [-0.3, -0.25) is 9.69 Å². The average Bonchev–Trinajstić information content (AvgIpc) is 3.46. The second-order valence-electron chi connectivity index (χ2n) is 8.17. The molecule has 0 aliphatic carbocycles. The molecule has 0 saturated carbocycles. The molecular weight excluding hydrogens is 406 g/mol. The lowest BCUT2D eigenvalue weighted by Crippen LogP contribution is -2.35. The van der Waals surface area contributed by atoms with Crippen LogP contribution in [0.2, 0.25) is 0 Å². The fourth-order valence-electron chi connectivity index (χ4n) is 4.19. The zero-order chi connectivity index (χ0) is 21.5. The molecule has 2 heterocycles. The average molecular weight is 436 g/mol. The topological polar surface area (TPSA) is 49.8 Å². The third-order valence-corrected chi connectivity index (χ3v) is 6.60. The van der Waals surface area contributed by atoms with E-state index < -0.39 is 5.97 Å². The highest BCUT2D eigenvalue weighted by molar-refractivity contribution is 7.08. The molecule has 5 heteroatoms. The van der Waals surface area contributed by atoms with Crippen LogP contribution in [0.3, 0.4) is 0 Å². The van der Waals surface area contributed by atoms with Gasteiger partial charge in [-0.1, -0.05) is 36.4 Å². The normalized spacial score (nSPS) is 16.5. The summed E-state index contributed by atoms with van der Waals surface area (Å²) in [6.07, 6.45) is 4.12. The number of carboxylic acid groups (broad SMARTS) is 1. The highest BCUT2D eigenvalue weighted by Crippen LogP contribution is 2.24. The Balaban J connectivity index is 1.26. The molecule has 31 heavy (non-hydrogen) atoms. The van der Waals surface area contributed by atoms with Gasteiger partial charge in [0.05, 0.1) is 0 Å². The lowest BCUT2D eigenvalue weighted by molar-refractivity contribution is -0.137. The second-order valence-corrected chi connectivity index (χ2v) is 8.95. The van der Waals surface area contributed by atoms with E-state index in [0.717, 1.165) is 38.1 Å². The second kappa shape index (κ2) is 10.6. The Morgan fingerprint density at radius 2 is 1.77 bits per heavy atom. The molecule has 0 amide bonds. The van der Waals surface area contributed by atoms with Crippen molar-refractivity contribution in [1.82, 2.24) is 4.90 Å². The number of hydrogen-bond acceptors (Lipinski definition) is 4. The number of rotatable bonds is 10. The van der Waals surface area contributed by atoms with E-state index in [1.54, 1.807) is 11.3 Å². The van der Waals surface area contributed by atoms with Crippen molar-refractivity contribution < 1.29 is 14.6 Å². The summed E-state index contributed by atoms with van der Waals surface area (Å²) in [5.41, 5.74) is 5.11. The van der Waals surface area contributed by atoms with Crippen LogP contribution in [-0.2, 0) is 11.2 Å². The number of likely N-dealkylation sites (tertiary alicyclic amines) is 1. The van der Waals surface area contributed by atoms with E-state index in [0.29, 0.717) is 19.1 Å². The van der Waals surface area contributed by atoms with Gasteiger partial charge < -0.3 is 9.84 Å². The van der Waals surface area contributed by atoms with Crippen molar-refractivity contribution in [3.63, 3.8) is 0 Å². The van der Waals surface area contributed by atoms with Gasteiger partial charge in [0.15, 0.2) is 0 Å². The fraction of sp³-hybridized carbons (Fsp3) is 0.346. The van der Waals surface area contributed by atoms with E-state index in [1.807, 2.05) is 0 Å². The summed E-state index contributed by atoms with van der Waals surface area (Å²) in [6.45, 7) is 2.54. The predicted octanol–water partition coefficient (Wildman–Crippen LogP) is 5.71. The Morgan fingerprint density at radius 1 is 1.03 bits per heavy atom. The van der Waals surface area contributed by atoms with Crippen LogP contribution in [0.5, 0.6) is 5.75 Å². The Morgan fingerprint density at radius 3 is 2.45 bits per heavy atom. The number of aliphatic carboxylic acids is 1. The van der Waals surface area contributed by atoms with E-state index in [1.165, 1.54) is 22.3 Å². The Hall–Kier alpha value is -2.63. The van der Waals surface area contributed by atoms with E-state index in [-0.39, 0.29) is 6.42 Å². The quantitative estimate of drug-likeness (QED) is 0.443. The highest BCUT2D eigenvalue weighted by atomic mass is 32.1. The van der Waals surface area contributed by atoms with Crippen LogP contribution in [0.4, 0.5) is 0 Å².